The number of amides is 1. The third-order valence-corrected chi connectivity index (χ3v) is 3.64. The molecule has 5 nitrogen and oxygen atoms in total. The summed E-state index contributed by atoms with van der Waals surface area (Å²) in [6, 6.07) is 8.15. The summed E-state index contributed by atoms with van der Waals surface area (Å²) in [5.41, 5.74) is 2.55. The van der Waals surface area contributed by atoms with Crippen LogP contribution in [0.5, 0.6) is 0 Å². The maximum atomic E-state index is 12.8. The molecule has 0 bridgehead atoms. The largest absolute Gasteiger partial charge is 0.369 e. The van der Waals surface area contributed by atoms with Crippen molar-refractivity contribution in [2.45, 2.75) is 26.3 Å². The monoisotopic (exact) mass is 282 g/mol. The highest BCUT2D eigenvalue weighted by molar-refractivity contribution is 6.06. The van der Waals surface area contributed by atoms with Crippen LogP contribution in [0.1, 0.15) is 29.9 Å². The molecule has 1 aromatic heterocycles. The van der Waals surface area contributed by atoms with Crippen molar-refractivity contribution in [3.63, 3.8) is 0 Å². The lowest BCUT2D eigenvalue weighted by molar-refractivity contribution is 0.0976. The molecule has 5 heteroatoms. The van der Waals surface area contributed by atoms with Crippen LogP contribution in [0.4, 0.5) is 11.5 Å². The van der Waals surface area contributed by atoms with E-state index in [0.29, 0.717) is 11.5 Å². The van der Waals surface area contributed by atoms with E-state index in [1.165, 1.54) is 11.8 Å². The Morgan fingerprint density at radius 1 is 1.38 bits per heavy atom. The fraction of sp³-hybridized carbons (Fsp3) is 0.312. The number of benzene rings is 1. The Morgan fingerprint density at radius 3 is 3.00 bits per heavy atom. The third-order valence-electron chi connectivity index (χ3n) is 3.64. The molecule has 0 spiro atoms. The van der Waals surface area contributed by atoms with Gasteiger partial charge in [-0.25, -0.2) is 4.98 Å². The van der Waals surface area contributed by atoms with Crippen molar-refractivity contribution in [2.75, 3.05) is 16.8 Å². The van der Waals surface area contributed by atoms with Gasteiger partial charge >= 0.3 is 0 Å². The van der Waals surface area contributed by atoms with Crippen LogP contribution in [0.3, 0.4) is 0 Å². The number of hydrogen-bond donors (Lipinski definition) is 1. The van der Waals surface area contributed by atoms with Crippen LogP contribution in [-0.4, -0.2) is 28.5 Å². The second kappa shape index (κ2) is 5.52. The molecule has 0 saturated carbocycles. The number of fused-ring (bicyclic) bond motifs is 1. The van der Waals surface area contributed by atoms with Gasteiger partial charge in [0.15, 0.2) is 0 Å². The fourth-order valence-corrected chi connectivity index (χ4v) is 2.73. The van der Waals surface area contributed by atoms with E-state index in [-0.39, 0.29) is 11.9 Å². The number of carbonyl (C=O) groups excluding carboxylic acids is 1. The van der Waals surface area contributed by atoms with Crippen molar-refractivity contribution in [1.82, 2.24) is 9.97 Å². The molecule has 1 aliphatic rings. The first-order valence-corrected chi connectivity index (χ1v) is 7.18. The van der Waals surface area contributed by atoms with Crippen molar-refractivity contribution in [2.24, 2.45) is 0 Å². The van der Waals surface area contributed by atoms with Crippen molar-refractivity contribution in [3.05, 3.63) is 47.9 Å². The first-order valence-electron chi connectivity index (χ1n) is 7.18. The molecule has 0 aliphatic carbocycles. The zero-order chi connectivity index (χ0) is 14.8. The summed E-state index contributed by atoms with van der Waals surface area (Å²) in [4.78, 5) is 23.0. The lowest BCUT2D eigenvalue weighted by Gasteiger charge is -2.22. The maximum absolute atomic E-state index is 12.8. The van der Waals surface area contributed by atoms with E-state index in [9.17, 15) is 4.79 Å². The molecule has 1 N–H and O–H groups in total. The van der Waals surface area contributed by atoms with E-state index in [2.05, 4.69) is 28.3 Å². The minimum Gasteiger partial charge on any atom is -0.369 e. The van der Waals surface area contributed by atoms with Gasteiger partial charge in [-0.05, 0) is 31.9 Å². The zero-order valence-electron chi connectivity index (χ0n) is 12.2. The number of hydrogen-bond acceptors (Lipinski definition) is 4. The molecule has 0 radical (unpaired) electrons. The number of nitrogens with zero attached hydrogens (tertiary/aromatic N) is 3. The standard InChI is InChI=1S/C16H18N4O/c1-3-18-15-10-17-9-13(19-15)16(21)20-11(2)8-12-6-4-5-7-14(12)20/h4-7,9-11H,3,8H2,1-2H3,(H,18,19). The van der Waals surface area contributed by atoms with Gasteiger partial charge in [-0.1, -0.05) is 18.2 Å². The van der Waals surface area contributed by atoms with Crippen LogP contribution in [0.25, 0.3) is 0 Å². The van der Waals surface area contributed by atoms with E-state index in [1.54, 1.807) is 6.20 Å². The Hall–Kier alpha value is -2.43. The van der Waals surface area contributed by atoms with Gasteiger partial charge < -0.3 is 10.2 Å². The average Bonchev–Trinajstić information content (AvgIpc) is 2.83. The number of rotatable bonds is 3. The number of nitrogens with one attached hydrogen (secondary N) is 1. The van der Waals surface area contributed by atoms with Crippen LogP contribution in [0.2, 0.25) is 0 Å². The molecule has 0 saturated heterocycles. The van der Waals surface area contributed by atoms with Crippen molar-refractivity contribution in [1.29, 1.82) is 0 Å². The number of carbonyl (C=O) groups is 1. The van der Waals surface area contributed by atoms with Crippen LogP contribution in [0.15, 0.2) is 36.7 Å². The van der Waals surface area contributed by atoms with Crippen molar-refractivity contribution < 1.29 is 4.79 Å². The van der Waals surface area contributed by atoms with Gasteiger partial charge in [0.1, 0.15) is 11.5 Å². The molecule has 108 valence electrons. The molecule has 2 heterocycles. The van der Waals surface area contributed by atoms with Gasteiger partial charge in [-0.15, -0.1) is 0 Å². The number of para-hydroxylation sites is 1. The number of aromatic nitrogens is 2. The van der Waals surface area contributed by atoms with E-state index >= 15 is 0 Å². The highest BCUT2D eigenvalue weighted by atomic mass is 16.2. The fourth-order valence-electron chi connectivity index (χ4n) is 2.73. The van der Waals surface area contributed by atoms with Gasteiger partial charge in [-0.3, -0.25) is 9.78 Å². The summed E-state index contributed by atoms with van der Waals surface area (Å²) in [6.07, 6.45) is 4.03. The second-order valence-corrected chi connectivity index (χ2v) is 5.18. The average molecular weight is 282 g/mol. The quantitative estimate of drug-likeness (QED) is 0.939. The Morgan fingerprint density at radius 2 is 2.19 bits per heavy atom. The Kier molecular flexibility index (Phi) is 3.56. The van der Waals surface area contributed by atoms with E-state index in [4.69, 9.17) is 0 Å². The Labute approximate surface area is 124 Å². The SMILES string of the molecule is CCNc1cncc(C(=O)N2c3ccccc3CC2C)n1. The molecular weight excluding hydrogens is 264 g/mol. The molecule has 1 amide bonds. The Balaban J connectivity index is 1.93. The van der Waals surface area contributed by atoms with Crippen LogP contribution in [0, 0.1) is 0 Å². The molecule has 0 fully saturated rings. The minimum absolute atomic E-state index is 0.0975. The summed E-state index contributed by atoms with van der Waals surface area (Å²) in [5, 5.41) is 3.08. The summed E-state index contributed by atoms with van der Waals surface area (Å²) in [6.45, 7) is 4.78. The minimum atomic E-state index is -0.0975. The summed E-state index contributed by atoms with van der Waals surface area (Å²) < 4.78 is 0. The molecule has 1 atom stereocenters. The highest BCUT2D eigenvalue weighted by Gasteiger charge is 2.32. The smallest absolute Gasteiger partial charge is 0.278 e. The normalized spacial score (nSPS) is 16.7. The molecule has 1 unspecified atom stereocenters. The van der Waals surface area contributed by atoms with Gasteiger partial charge in [0.2, 0.25) is 0 Å². The van der Waals surface area contributed by atoms with Gasteiger partial charge in [0.25, 0.3) is 5.91 Å². The highest BCUT2D eigenvalue weighted by Crippen LogP contribution is 2.32. The first kappa shape index (κ1) is 13.5. The van der Waals surface area contributed by atoms with Crippen LogP contribution >= 0.6 is 0 Å². The summed E-state index contributed by atoms with van der Waals surface area (Å²) >= 11 is 0. The van der Waals surface area contributed by atoms with Gasteiger partial charge in [-0.2, -0.15) is 0 Å². The van der Waals surface area contributed by atoms with E-state index in [0.717, 1.165) is 18.7 Å². The second-order valence-electron chi connectivity index (χ2n) is 5.18. The van der Waals surface area contributed by atoms with Gasteiger partial charge in [0, 0.05) is 18.3 Å². The van der Waals surface area contributed by atoms with Crippen LogP contribution < -0.4 is 10.2 Å². The molecular formula is C16H18N4O. The van der Waals surface area contributed by atoms with Gasteiger partial charge in [0.05, 0.1) is 12.4 Å². The lowest BCUT2D eigenvalue weighted by Crippen LogP contribution is -2.36. The molecule has 2 aromatic rings. The zero-order valence-corrected chi connectivity index (χ0v) is 12.2. The predicted octanol–water partition coefficient (Wildman–Crippen LogP) is 2.50. The van der Waals surface area contributed by atoms with E-state index < -0.39 is 0 Å². The first-order chi connectivity index (χ1) is 10.2. The van der Waals surface area contributed by atoms with Crippen molar-refractivity contribution in [3.8, 4) is 0 Å². The Bertz CT molecular complexity index is 671. The van der Waals surface area contributed by atoms with E-state index in [1.807, 2.05) is 30.0 Å². The molecule has 1 aromatic carbocycles. The maximum Gasteiger partial charge on any atom is 0.278 e. The topological polar surface area (TPSA) is 58.1 Å². The lowest BCUT2D eigenvalue weighted by atomic mass is 10.1. The predicted molar refractivity (Wildman–Crippen MR) is 82.6 cm³/mol. The number of anilines is 2. The van der Waals surface area contributed by atoms with Crippen molar-refractivity contribution >= 4 is 17.4 Å². The molecule has 3 rings (SSSR count). The summed E-state index contributed by atoms with van der Waals surface area (Å²) in [7, 11) is 0. The van der Waals surface area contributed by atoms with Crippen LogP contribution in [-0.2, 0) is 6.42 Å². The molecule has 21 heavy (non-hydrogen) atoms. The molecule has 1 aliphatic heterocycles. The third kappa shape index (κ3) is 2.46. The summed E-state index contributed by atoms with van der Waals surface area (Å²) in [5.74, 6) is 0.531.